The molecule has 0 aliphatic carbocycles. The zero-order valence-electron chi connectivity index (χ0n) is 20.6. The molecule has 10 heteroatoms. The van der Waals surface area contributed by atoms with Crippen molar-refractivity contribution in [1.82, 2.24) is 9.47 Å². The van der Waals surface area contributed by atoms with Gasteiger partial charge in [-0.2, -0.15) is 13.2 Å². The van der Waals surface area contributed by atoms with Gasteiger partial charge in [-0.3, -0.25) is 9.59 Å². The Morgan fingerprint density at radius 2 is 1.69 bits per heavy atom. The largest absolute Gasteiger partial charge is 0.464 e. The maximum absolute atomic E-state index is 13.4. The SMILES string of the molecule is CCOCCCN(CC(=O)c1c(C)c(C(=O)OC)n(CC)c1C)C(=O)c1ccc(C(F)(F)F)cc1. The van der Waals surface area contributed by atoms with Gasteiger partial charge in [-0.05, 0) is 63.9 Å². The Balaban J connectivity index is 2.37. The molecule has 0 saturated heterocycles. The maximum atomic E-state index is 13.4. The predicted octanol–water partition coefficient (Wildman–Crippen LogP) is 4.68. The van der Waals surface area contributed by atoms with Crippen LogP contribution in [-0.2, 0) is 22.2 Å². The summed E-state index contributed by atoms with van der Waals surface area (Å²) in [6, 6.07) is 3.88. The van der Waals surface area contributed by atoms with Gasteiger partial charge in [-0.1, -0.05) is 0 Å². The average molecular weight is 497 g/mol. The third-order valence-electron chi connectivity index (χ3n) is 5.74. The standard InChI is InChI=1S/C25H31F3N2O5/c1-6-30-17(4)21(16(3)22(30)24(33)34-5)20(31)15-29(13-8-14-35-7-2)23(32)18-9-11-19(12-10-18)25(26,27)28/h9-12H,6-8,13-15H2,1-5H3. The fraction of sp³-hybridized carbons (Fsp3) is 0.480. The number of Topliss-reactive ketones (excluding diaryl/α,β-unsaturated/α-hetero) is 1. The number of ether oxygens (including phenoxy) is 2. The van der Waals surface area contributed by atoms with Gasteiger partial charge in [0.05, 0.1) is 19.2 Å². The van der Waals surface area contributed by atoms with Gasteiger partial charge in [0.15, 0.2) is 5.78 Å². The highest BCUT2D eigenvalue weighted by molar-refractivity contribution is 6.06. The Bertz CT molecular complexity index is 1060. The van der Waals surface area contributed by atoms with Crippen LogP contribution >= 0.6 is 0 Å². The molecule has 1 heterocycles. The number of carbonyl (C=O) groups is 3. The molecular weight excluding hydrogens is 465 g/mol. The molecule has 1 amide bonds. The van der Waals surface area contributed by atoms with Crippen LogP contribution in [0.1, 0.15) is 68.3 Å². The molecule has 0 spiro atoms. The fourth-order valence-corrected chi connectivity index (χ4v) is 4.05. The molecule has 0 radical (unpaired) electrons. The van der Waals surface area contributed by atoms with Gasteiger partial charge < -0.3 is 18.9 Å². The van der Waals surface area contributed by atoms with E-state index in [1.807, 2.05) is 13.8 Å². The highest BCUT2D eigenvalue weighted by Gasteiger charge is 2.31. The molecule has 35 heavy (non-hydrogen) atoms. The Morgan fingerprint density at radius 3 is 2.20 bits per heavy atom. The molecule has 7 nitrogen and oxygen atoms in total. The number of benzene rings is 1. The van der Waals surface area contributed by atoms with Crippen LogP contribution in [0, 0.1) is 13.8 Å². The molecule has 0 bridgehead atoms. The summed E-state index contributed by atoms with van der Waals surface area (Å²) in [4.78, 5) is 40.1. The molecule has 0 saturated carbocycles. The van der Waals surface area contributed by atoms with Gasteiger partial charge in [-0.15, -0.1) is 0 Å². The lowest BCUT2D eigenvalue weighted by molar-refractivity contribution is -0.137. The summed E-state index contributed by atoms with van der Waals surface area (Å²) < 4.78 is 50.6. The van der Waals surface area contributed by atoms with Crippen LogP contribution in [0.2, 0.25) is 0 Å². The minimum absolute atomic E-state index is 0.0389. The number of hydrogen-bond acceptors (Lipinski definition) is 5. The number of carbonyl (C=O) groups excluding carboxylic acids is 3. The Labute approximate surface area is 202 Å². The van der Waals surface area contributed by atoms with E-state index < -0.39 is 23.6 Å². The number of alkyl halides is 3. The second-order valence-electron chi connectivity index (χ2n) is 7.95. The number of ketones is 1. The predicted molar refractivity (Wildman–Crippen MR) is 124 cm³/mol. The van der Waals surface area contributed by atoms with E-state index >= 15 is 0 Å². The number of amides is 1. The first-order valence-corrected chi connectivity index (χ1v) is 11.3. The average Bonchev–Trinajstić information content (AvgIpc) is 3.08. The smallest absolute Gasteiger partial charge is 0.416 e. The minimum Gasteiger partial charge on any atom is -0.464 e. The van der Waals surface area contributed by atoms with E-state index in [0.29, 0.717) is 43.0 Å². The van der Waals surface area contributed by atoms with E-state index in [4.69, 9.17) is 9.47 Å². The molecular formula is C25H31F3N2O5. The van der Waals surface area contributed by atoms with Gasteiger partial charge >= 0.3 is 12.1 Å². The zero-order chi connectivity index (χ0) is 26.3. The lowest BCUT2D eigenvalue weighted by Gasteiger charge is -2.23. The van der Waals surface area contributed by atoms with Gasteiger partial charge in [0, 0.05) is 43.1 Å². The molecule has 0 aliphatic heterocycles. The van der Waals surface area contributed by atoms with Gasteiger partial charge in [0.2, 0.25) is 0 Å². The van der Waals surface area contributed by atoms with E-state index in [9.17, 15) is 27.6 Å². The number of esters is 1. The van der Waals surface area contributed by atoms with Crippen molar-refractivity contribution < 1.29 is 37.0 Å². The molecule has 1 aromatic carbocycles. The summed E-state index contributed by atoms with van der Waals surface area (Å²) in [6.07, 6.45) is -4.08. The molecule has 0 fully saturated rings. The number of halogens is 3. The molecule has 192 valence electrons. The minimum atomic E-state index is -4.52. The number of methoxy groups -OCH3 is 1. The van der Waals surface area contributed by atoms with Crippen LogP contribution in [0.4, 0.5) is 13.2 Å². The fourth-order valence-electron chi connectivity index (χ4n) is 4.05. The second-order valence-corrected chi connectivity index (χ2v) is 7.95. The zero-order valence-corrected chi connectivity index (χ0v) is 20.6. The number of aromatic nitrogens is 1. The van der Waals surface area contributed by atoms with E-state index in [1.54, 1.807) is 18.4 Å². The number of nitrogens with zero attached hydrogens (tertiary/aromatic N) is 2. The lowest BCUT2D eigenvalue weighted by atomic mass is 10.0. The van der Waals surface area contributed by atoms with Crippen molar-refractivity contribution in [3.8, 4) is 0 Å². The summed E-state index contributed by atoms with van der Waals surface area (Å²) in [5.74, 6) is -1.52. The summed E-state index contributed by atoms with van der Waals surface area (Å²) in [7, 11) is 1.26. The normalized spacial score (nSPS) is 11.4. The number of hydrogen-bond donors (Lipinski definition) is 0. The van der Waals surface area contributed by atoms with Crippen molar-refractivity contribution >= 4 is 17.7 Å². The Kier molecular flexibility index (Phi) is 9.64. The Morgan fingerprint density at radius 1 is 1.06 bits per heavy atom. The first kappa shape index (κ1) is 28.1. The van der Waals surface area contributed by atoms with Crippen LogP contribution < -0.4 is 0 Å². The van der Waals surface area contributed by atoms with Crippen LogP contribution in [0.25, 0.3) is 0 Å². The van der Waals surface area contributed by atoms with Crippen molar-refractivity contribution in [3.05, 3.63) is 57.9 Å². The number of rotatable bonds is 11. The molecule has 2 rings (SSSR count). The topological polar surface area (TPSA) is 77.8 Å². The maximum Gasteiger partial charge on any atom is 0.416 e. The van der Waals surface area contributed by atoms with Crippen LogP contribution in [0.15, 0.2) is 24.3 Å². The van der Waals surface area contributed by atoms with Crippen molar-refractivity contribution in [3.63, 3.8) is 0 Å². The first-order chi connectivity index (χ1) is 16.5. The highest BCUT2D eigenvalue weighted by Crippen LogP contribution is 2.29. The summed E-state index contributed by atoms with van der Waals surface area (Å²) in [5.41, 5.74) is 0.798. The van der Waals surface area contributed by atoms with Gasteiger partial charge in [-0.25, -0.2) is 4.79 Å². The first-order valence-electron chi connectivity index (χ1n) is 11.3. The summed E-state index contributed by atoms with van der Waals surface area (Å²) in [6.45, 7) is 8.18. The van der Waals surface area contributed by atoms with Crippen molar-refractivity contribution in [2.24, 2.45) is 0 Å². The quantitative estimate of drug-likeness (QED) is 0.256. The van der Waals surface area contributed by atoms with E-state index in [0.717, 1.165) is 24.3 Å². The molecule has 2 aromatic rings. The lowest BCUT2D eigenvalue weighted by Crippen LogP contribution is -2.37. The van der Waals surface area contributed by atoms with Crippen molar-refractivity contribution in [2.45, 2.75) is 46.8 Å². The molecule has 0 N–H and O–H groups in total. The third kappa shape index (κ3) is 6.50. The van der Waals surface area contributed by atoms with Gasteiger partial charge in [0.25, 0.3) is 5.91 Å². The molecule has 1 aromatic heterocycles. The van der Waals surface area contributed by atoms with E-state index in [-0.39, 0.29) is 30.1 Å². The van der Waals surface area contributed by atoms with Crippen LogP contribution in [0.3, 0.4) is 0 Å². The van der Waals surface area contributed by atoms with E-state index in [1.165, 1.54) is 12.0 Å². The van der Waals surface area contributed by atoms with Crippen LogP contribution in [-0.4, -0.2) is 60.5 Å². The third-order valence-corrected chi connectivity index (χ3v) is 5.74. The van der Waals surface area contributed by atoms with Crippen molar-refractivity contribution in [1.29, 1.82) is 0 Å². The van der Waals surface area contributed by atoms with Gasteiger partial charge in [0.1, 0.15) is 5.69 Å². The molecule has 0 unspecified atom stereocenters. The Hall–Kier alpha value is -3.14. The highest BCUT2D eigenvalue weighted by atomic mass is 19.4. The van der Waals surface area contributed by atoms with E-state index in [2.05, 4.69) is 0 Å². The molecule has 0 atom stereocenters. The summed E-state index contributed by atoms with van der Waals surface area (Å²) in [5, 5.41) is 0. The second kappa shape index (κ2) is 12.0. The monoisotopic (exact) mass is 496 g/mol. The molecule has 0 aliphatic rings. The summed E-state index contributed by atoms with van der Waals surface area (Å²) >= 11 is 0. The van der Waals surface area contributed by atoms with Crippen molar-refractivity contribution in [2.75, 3.05) is 33.4 Å². The van der Waals surface area contributed by atoms with Crippen LogP contribution in [0.5, 0.6) is 0 Å².